The van der Waals surface area contributed by atoms with Gasteiger partial charge in [-0.15, -0.1) is 0 Å². The lowest BCUT2D eigenvalue weighted by Gasteiger charge is -2.10. The largest absolute Gasteiger partial charge is 0.321 e. The van der Waals surface area contributed by atoms with Gasteiger partial charge in [-0.1, -0.05) is 51.8 Å². The van der Waals surface area contributed by atoms with Crippen molar-refractivity contribution in [3.8, 4) is 0 Å². The van der Waals surface area contributed by atoms with Crippen molar-refractivity contribution in [2.75, 3.05) is 5.32 Å². The summed E-state index contributed by atoms with van der Waals surface area (Å²) in [5.74, 6) is -0.154. The zero-order chi connectivity index (χ0) is 14.8. The first kappa shape index (κ1) is 14.1. The molecule has 3 aromatic carbocycles. The summed E-state index contributed by atoms with van der Waals surface area (Å²) in [5.41, 5.74) is 1.36. The normalized spacial score (nSPS) is 10.6. The molecule has 0 aliphatic rings. The maximum Gasteiger partial charge on any atom is 0.255 e. The molecule has 21 heavy (non-hydrogen) atoms. The average molecular weight is 361 g/mol. The van der Waals surface area contributed by atoms with E-state index in [0.29, 0.717) is 10.6 Å². The van der Waals surface area contributed by atoms with E-state index in [1.165, 1.54) is 0 Å². The molecule has 4 heteroatoms. The zero-order valence-electron chi connectivity index (χ0n) is 10.9. The SMILES string of the molecule is O=C(Nc1ccc(Br)c2ccccc12)c1ccc(Cl)cc1. The highest BCUT2D eigenvalue weighted by atomic mass is 79.9. The third-order valence-corrected chi connectivity index (χ3v) is 4.17. The lowest BCUT2D eigenvalue weighted by atomic mass is 10.1. The molecule has 2 nitrogen and oxygen atoms in total. The van der Waals surface area contributed by atoms with Crippen LogP contribution in [-0.4, -0.2) is 5.91 Å². The number of hydrogen-bond acceptors (Lipinski definition) is 1. The Balaban J connectivity index is 1.97. The fraction of sp³-hybridized carbons (Fsp3) is 0. The van der Waals surface area contributed by atoms with E-state index < -0.39 is 0 Å². The smallest absolute Gasteiger partial charge is 0.255 e. The summed E-state index contributed by atoms with van der Waals surface area (Å²) in [7, 11) is 0. The molecule has 0 unspecified atom stereocenters. The molecular weight excluding hydrogens is 350 g/mol. The Labute approximate surface area is 135 Å². The molecule has 0 saturated heterocycles. The van der Waals surface area contributed by atoms with Gasteiger partial charge in [-0.05, 0) is 41.8 Å². The molecule has 0 spiro atoms. The van der Waals surface area contributed by atoms with Crippen molar-refractivity contribution in [1.29, 1.82) is 0 Å². The molecule has 3 aromatic rings. The van der Waals surface area contributed by atoms with E-state index in [-0.39, 0.29) is 5.91 Å². The minimum absolute atomic E-state index is 0.154. The maximum atomic E-state index is 12.3. The van der Waals surface area contributed by atoms with Crippen LogP contribution >= 0.6 is 27.5 Å². The summed E-state index contributed by atoms with van der Waals surface area (Å²) in [6.07, 6.45) is 0. The van der Waals surface area contributed by atoms with Crippen LogP contribution in [0.3, 0.4) is 0 Å². The molecule has 0 aromatic heterocycles. The third kappa shape index (κ3) is 2.94. The average Bonchev–Trinajstić information content (AvgIpc) is 2.51. The van der Waals surface area contributed by atoms with E-state index in [9.17, 15) is 4.79 Å². The van der Waals surface area contributed by atoms with Gasteiger partial charge < -0.3 is 5.32 Å². The van der Waals surface area contributed by atoms with Gasteiger partial charge in [0.2, 0.25) is 0 Å². The molecule has 0 aliphatic heterocycles. The van der Waals surface area contributed by atoms with Gasteiger partial charge in [-0.25, -0.2) is 0 Å². The van der Waals surface area contributed by atoms with Crippen LogP contribution in [0.1, 0.15) is 10.4 Å². The van der Waals surface area contributed by atoms with Crippen LogP contribution in [0.4, 0.5) is 5.69 Å². The van der Waals surface area contributed by atoms with Crippen molar-refractivity contribution in [3.05, 3.63) is 75.7 Å². The number of carbonyl (C=O) groups excluding carboxylic acids is 1. The second kappa shape index (κ2) is 5.88. The van der Waals surface area contributed by atoms with Crippen LogP contribution < -0.4 is 5.32 Å². The van der Waals surface area contributed by atoms with Crippen LogP contribution in [0, 0.1) is 0 Å². The Hall–Kier alpha value is -1.84. The minimum Gasteiger partial charge on any atom is -0.321 e. The number of benzene rings is 3. The topological polar surface area (TPSA) is 29.1 Å². The van der Waals surface area contributed by atoms with E-state index in [0.717, 1.165) is 20.9 Å². The quantitative estimate of drug-likeness (QED) is 0.641. The number of hydrogen-bond donors (Lipinski definition) is 1. The number of anilines is 1. The molecule has 0 saturated carbocycles. The van der Waals surface area contributed by atoms with Crippen molar-refractivity contribution in [1.82, 2.24) is 0 Å². The molecule has 1 N–H and O–H groups in total. The van der Waals surface area contributed by atoms with Crippen LogP contribution in [0.2, 0.25) is 5.02 Å². The highest BCUT2D eigenvalue weighted by molar-refractivity contribution is 9.10. The standard InChI is InChI=1S/C17H11BrClNO/c18-15-9-10-16(14-4-2-1-3-13(14)15)20-17(21)11-5-7-12(19)8-6-11/h1-10H,(H,20,21). The van der Waals surface area contributed by atoms with Crippen LogP contribution in [0.25, 0.3) is 10.8 Å². The summed E-state index contributed by atoms with van der Waals surface area (Å²) in [6.45, 7) is 0. The van der Waals surface area contributed by atoms with Gasteiger partial charge in [0.15, 0.2) is 0 Å². The van der Waals surface area contributed by atoms with E-state index >= 15 is 0 Å². The van der Waals surface area contributed by atoms with Crippen molar-refractivity contribution < 1.29 is 4.79 Å². The van der Waals surface area contributed by atoms with Gasteiger partial charge in [0.1, 0.15) is 0 Å². The van der Waals surface area contributed by atoms with Crippen LogP contribution in [0.5, 0.6) is 0 Å². The highest BCUT2D eigenvalue weighted by Gasteiger charge is 2.09. The van der Waals surface area contributed by atoms with Gasteiger partial charge in [0.05, 0.1) is 0 Å². The Morgan fingerprint density at radius 3 is 2.29 bits per heavy atom. The molecule has 0 radical (unpaired) electrons. The zero-order valence-corrected chi connectivity index (χ0v) is 13.3. The summed E-state index contributed by atoms with van der Waals surface area (Å²) in [6, 6.07) is 18.6. The van der Waals surface area contributed by atoms with Gasteiger partial charge in [0.25, 0.3) is 5.91 Å². The molecule has 0 fully saturated rings. The molecule has 0 atom stereocenters. The van der Waals surface area contributed by atoms with Crippen molar-refractivity contribution >= 4 is 49.9 Å². The summed E-state index contributed by atoms with van der Waals surface area (Å²) < 4.78 is 1.00. The molecule has 0 bridgehead atoms. The fourth-order valence-corrected chi connectivity index (χ4v) is 2.77. The first-order valence-corrected chi connectivity index (χ1v) is 7.56. The van der Waals surface area contributed by atoms with Gasteiger partial charge in [0, 0.05) is 26.1 Å². The van der Waals surface area contributed by atoms with E-state index in [1.54, 1.807) is 24.3 Å². The second-order valence-corrected chi connectivity index (χ2v) is 5.89. The van der Waals surface area contributed by atoms with E-state index in [4.69, 9.17) is 11.6 Å². The molecule has 104 valence electrons. The Bertz CT molecular complexity index is 815. The number of amides is 1. The first-order valence-electron chi connectivity index (χ1n) is 6.39. The Morgan fingerprint density at radius 1 is 0.905 bits per heavy atom. The van der Waals surface area contributed by atoms with Gasteiger partial charge in [-0.3, -0.25) is 4.79 Å². The van der Waals surface area contributed by atoms with Crippen molar-refractivity contribution in [2.24, 2.45) is 0 Å². The molecule has 0 aliphatic carbocycles. The molecular formula is C17H11BrClNO. The van der Waals surface area contributed by atoms with Gasteiger partial charge >= 0.3 is 0 Å². The summed E-state index contributed by atoms with van der Waals surface area (Å²) in [5, 5.41) is 5.61. The first-order chi connectivity index (χ1) is 10.1. The lowest BCUT2D eigenvalue weighted by Crippen LogP contribution is -2.11. The monoisotopic (exact) mass is 359 g/mol. The third-order valence-electron chi connectivity index (χ3n) is 3.23. The number of fused-ring (bicyclic) bond motifs is 1. The molecule has 3 rings (SSSR count). The molecule has 0 heterocycles. The fourth-order valence-electron chi connectivity index (χ4n) is 2.17. The molecule has 1 amide bonds. The van der Waals surface area contributed by atoms with E-state index in [2.05, 4.69) is 21.2 Å². The van der Waals surface area contributed by atoms with Crippen LogP contribution in [-0.2, 0) is 0 Å². The predicted octanol–water partition coefficient (Wildman–Crippen LogP) is 5.51. The summed E-state index contributed by atoms with van der Waals surface area (Å²) in [4.78, 5) is 12.3. The predicted molar refractivity (Wildman–Crippen MR) is 91.1 cm³/mol. The van der Waals surface area contributed by atoms with Crippen LogP contribution in [0.15, 0.2) is 65.1 Å². The highest BCUT2D eigenvalue weighted by Crippen LogP contribution is 2.30. The Morgan fingerprint density at radius 2 is 1.57 bits per heavy atom. The summed E-state index contributed by atoms with van der Waals surface area (Å²) >= 11 is 9.36. The lowest BCUT2D eigenvalue weighted by molar-refractivity contribution is 0.102. The number of carbonyl (C=O) groups is 1. The van der Waals surface area contributed by atoms with Crippen molar-refractivity contribution in [3.63, 3.8) is 0 Å². The Kier molecular flexibility index (Phi) is 3.95. The maximum absolute atomic E-state index is 12.3. The second-order valence-electron chi connectivity index (χ2n) is 4.60. The number of halogens is 2. The number of nitrogens with one attached hydrogen (secondary N) is 1. The van der Waals surface area contributed by atoms with Gasteiger partial charge in [-0.2, -0.15) is 0 Å². The number of rotatable bonds is 2. The van der Waals surface area contributed by atoms with Crippen molar-refractivity contribution in [2.45, 2.75) is 0 Å². The van der Waals surface area contributed by atoms with E-state index in [1.807, 2.05) is 36.4 Å². The minimum atomic E-state index is -0.154.